The average molecular weight is 544 g/mol. The average Bonchev–Trinajstić information content (AvgIpc) is 2.78. The van der Waals surface area contributed by atoms with Gasteiger partial charge in [0.25, 0.3) is 0 Å². The van der Waals surface area contributed by atoms with Crippen LogP contribution in [0.25, 0.3) is 0 Å². The molecule has 1 aliphatic heterocycles. The van der Waals surface area contributed by atoms with Crippen molar-refractivity contribution in [3.05, 3.63) is 58.6 Å². The number of benzene rings is 2. The Morgan fingerprint density at radius 3 is 2.22 bits per heavy atom. The molecule has 0 bridgehead atoms. The molecule has 1 N–H and O–H groups in total. The highest BCUT2D eigenvalue weighted by atomic mass is 79.9. The van der Waals surface area contributed by atoms with Crippen molar-refractivity contribution in [2.45, 2.75) is 29.2 Å². The number of amides is 1. The van der Waals surface area contributed by atoms with Crippen molar-refractivity contribution in [2.75, 3.05) is 27.2 Å². The maximum atomic E-state index is 12.9. The quantitative estimate of drug-likeness (QED) is 0.577. The summed E-state index contributed by atoms with van der Waals surface area (Å²) in [5, 5.41) is 2.84. The van der Waals surface area contributed by atoms with Gasteiger partial charge in [-0.15, -0.1) is 0 Å². The molecule has 1 fully saturated rings. The van der Waals surface area contributed by atoms with Gasteiger partial charge < -0.3 is 5.32 Å². The largest absolute Gasteiger partial charge is 0.352 e. The van der Waals surface area contributed by atoms with Gasteiger partial charge in [-0.2, -0.15) is 4.31 Å². The molecule has 1 saturated heterocycles. The Balaban J connectivity index is 1.61. The fourth-order valence-electron chi connectivity index (χ4n) is 3.45. The highest BCUT2D eigenvalue weighted by molar-refractivity contribution is 9.10. The van der Waals surface area contributed by atoms with Gasteiger partial charge in [-0.05, 0) is 54.8 Å². The van der Waals surface area contributed by atoms with Crippen LogP contribution in [0.1, 0.15) is 18.4 Å². The molecule has 1 heterocycles. The summed E-state index contributed by atoms with van der Waals surface area (Å²) in [4.78, 5) is 13.1. The predicted molar refractivity (Wildman–Crippen MR) is 125 cm³/mol. The van der Waals surface area contributed by atoms with Gasteiger partial charge in [0, 0.05) is 38.2 Å². The van der Waals surface area contributed by atoms with E-state index in [9.17, 15) is 21.6 Å². The third-order valence-electron chi connectivity index (χ3n) is 5.37. The molecule has 0 spiro atoms. The molecule has 0 radical (unpaired) electrons. The van der Waals surface area contributed by atoms with E-state index < -0.39 is 26.0 Å². The Kier molecular flexibility index (Phi) is 7.77. The Morgan fingerprint density at radius 2 is 1.62 bits per heavy atom. The molecule has 1 aliphatic rings. The number of hydrogen-bond donors (Lipinski definition) is 1. The second kappa shape index (κ2) is 10.0. The zero-order chi connectivity index (χ0) is 23.5. The number of carbonyl (C=O) groups excluding carboxylic acids is 1. The topological polar surface area (TPSA) is 104 Å². The second-order valence-electron chi connectivity index (χ2n) is 7.81. The minimum Gasteiger partial charge on any atom is -0.352 e. The van der Waals surface area contributed by atoms with Crippen LogP contribution in [0.4, 0.5) is 0 Å². The van der Waals surface area contributed by atoms with Gasteiger partial charge in [-0.3, -0.25) is 4.79 Å². The van der Waals surface area contributed by atoms with Crippen LogP contribution in [0.2, 0.25) is 0 Å². The van der Waals surface area contributed by atoms with Crippen molar-refractivity contribution in [3.8, 4) is 0 Å². The zero-order valence-corrected chi connectivity index (χ0v) is 21.1. The highest BCUT2D eigenvalue weighted by Gasteiger charge is 2.33. The van der Waals surface area contributed by atoms with Crippen molar-refractivity contribution in [1.82, 2.24) is 13.9 Å². The molecule has 1 atom stereocenters. The maximum Gasteiger partial charge on any atom is 0.243 e. The molecule has 2 aromatic carbocycles. The smallest absolute Gasteiger partial charge is 0.243 e. The predicted octanol–water partition coefficient (Wildman–Crippen LogP) is 2.42. The van der Waals surface area contributed by atoms with E-state index in [1.165, 1.54) is 30.5 Å². The fraction of sp³-hybridized carbons (Fsp3) is 0.381. The van der Waals surface area contributed by atoms with Crippen LogP contribution in [0, 0.1) is 5.92 Å². The first-order valence-corrected chi connectivity index (χ1v) is 13.7. The lowest BCUT2D eigenvalue weighted by Gasteiger charge is -2.31. The second-order valence-corrected chi connectivity index (χ2v) is 12.8. The molecule has 11 heteroatoms. The third-order valence-corrected chi connectivity index (χ3v) is 9.61. The first kappa shape index (κ1) is 24.8. The summed E-state index contributed by atoms with van der Waals surface area (Å²) < 4.78 is 53.5. The SMILES string of the molecule is CN(C)S(=O)(=O)c1ccc(CNC(=O)[C@H]2CCCN(S(=O)(=O)c3ccc(Br)cc3)C2)cc1. The molecule has 2 aromatic rings. The first-order valence-electron chi connectivity index (χ1n) is 10.1. The van der Waals surface area contributed by atoms with Crippen LogP contribution in [-0.4, -0.2) is 58.5 Å². The van der Waals surface area contributed by atoms with E-state index in [-0.39, 0.29) is 28.8 Å². The van der Waals surface area contributed by atoms with Crippen molar-refractivity contribution in [1.29, 1.82) is 0 Å². The van der Waals surface area contributed by atoms with Crippen LogP contribution in [0.5, 0.6) is 0 Å². The van der Waals surface area contributed by atoms with Crippen LogP contribution in [0.3, 0.4) is 0 Å². The van der Waals surface area contributed by atoms with E-state index >= 15 is 0 Å². The van der Waals surface area contributed by atoms with Gasteiger partial charge in [0.1, 0.15) is 0 Å². The van der Waals surface area contributed by atoms with Crippen molar-refractivity contribution >= 4 is 41.9 Å². The van der Waals surface area contributed by atoms with Crippen molar-refractivity contribution < 1.29 is 21.6 Å². The Labute approximate surface area is 197 Å². The summed E-state index contributed by atoms with van der Waals surface area (Å²) in [6.07, 6.45) is 1.21. The first-order chi connectivity index (χ1) is 15.0. The number of rotatable bonds is 7. The number of piperidine rings is 1. The maximum absolute atomic E-state index is 12.9. The van der Waals surface area contributed by atoms with E-state index in [0.29, 0.717) is 19.4 Å². The summed E-state index contributed by atoms with van der Waals surface area (Å²) >= 11 is 3.30. The van der Waals surface area contributed by atoms with E-state index in [1.807, 2.05) is 0 Å². The van der Waals surface area contributed by atoms with Gasteiger partial charge in [0.15, 0.2) is 0 Å². The minimum absolute atomic E-state index is 0.129. The van der Waals surface area contributed by atoms with Gasteiger partial charge in [0.05, 0.1) is 15.7 Å². The Hall–Kier alpha value is -1.79. The van der Waals surface area contributed by atoms with Crippen LogP contribution in [0.15, 0.2) is 62.8 Å². The molecule has 0 unspecified atom stereocenters. The number of nitrogens with one attached hydrogen (secondary N) is 1. The lowest BCUT2D eigenvalue weighted by atomic mass is 9.99. The summed E-state index contributed by atoms with van der Waals surface area (Å²) in [5.74, 6) is -0.659. The summed E-state index contributed by atoms with van der Waals surface area (Å²) in [6.45, 7) is 0.741. The Morgan fingerprint density at radius 1 is 1.03 bits per heavy atom. The van der Waals surface area contributed by atoms with Gasteiger partial charge in [0.2, 0.25) is 26.0 Å². The molecule has 0 saturated carbocycles. The summed E-state index contributed by atoms with van der Waals surface area (Å²) in [7, 11) is -4.24. The van der Waals surface area contributed by atoms with E-state index in [2.05, 4.69) is 21.2 Å². The monoisotopic (exact) mass is 543 g/mol. The number of nitrogens with zero attached hydrogens (tertiary/aromatic N) is 2. The molecule has 0 aliphatic carbocycles. The lowest BCUT2D eigenvalue weighted by Crippen LogP contribution is -2.45. The van der Waals surface area contributed by atoms with E-state index in [0.717, 1.165) is 14.3 Å². The number of sulfonamides is 2. The van der Waals surface area contributed by atoms with Crippen LogP contribution < -0.4 is 5.32 Å². The molecular weight excluding hydrogens is 518 g/mol. The Bertz CT molecular complexity index is 1160. The number of halogens is 1. The molecule has 174 valence electrons. The van der Waals surface area contributed by atoms with Crippen molar-refractivity contribution in [2.24, 2.45) is 5.92 Å². The highest BCUT2D eigenvalue weighted by Crippen LogP contribution is 2.25. The van der Waals surface area contributed by atoms with Gasteiger partial charge in [-0.25, -0.2) is 21.1 Å². The van der Waals surface area contributed by atoms with Gasteiger partial charge in [-0.1, -0.05) is 28.1 Å². The van der Waals surface area contributed by atoms with Crippen LogP contribution in [-0.2, 0) is 31.4 Å². The number of hydrogen-bond acceptors (Lipinski definition) is 5. The molecular formula is C21H26BrN3O5S2. The normalized spacial score (nSPS) is 17.9. The summed E-state index contributed by atoms with van der Waals surface area (Å²) in [6, 6.07) is 12.8. The van der Waals surface area contributed by atoms with Gasteiger partial charge >= 0.3 is 0 Å². The van der Waals surface area contributed by atoms with Crippen molar-refractivity contribution in [3.63, 3.8) is 0 Å². The molecule has 3 rings (SSSR count). The standard InChI is InChI=1S/C21H26BrN3O5S2/c1-24(2)31(27,28)19-9-5-16(6-10-19)14-23-21(26)17-4-3-13-25(15-17)32(29,30)20-11-7-18(22)8-12-20/h5-12,17H,3-4,13-15H2,1-2H3,(H,23,26)/t17-/m0/s1. The molecule has 1 amide bonds. The fourth-order valence-corrected chi connectivity index (χ4v) is 6.14. The van der Waals surface area contributed by atoms with E-state index in [1.54, 1.807) is 36.4 Å². The minimum atomic E-state index is -3.67. The molecule has 0 aromatic heterocycles. The van der Waals surface area contributed by atoms with E-state index in [4.69, 9.17) is 0 Å². The lowest BCUT2D eigenvalue weighted by molar-refractivity contribution is -0.126. The molecule has 32 heavy (non-hydrogen) atoms. The van der Waals surface area contributed by atoms with Crippen LogP contribution >= 0.6 is 15.9 Å². The summed E-state index contributed by atoms with van der Waals surface area (Å²) in [5.41, 5.74) is 0.756. The number of carbonyl (C=O) groups is 1. The molecule has 8 nitrogen and oxygen atoms in total. The zero-order valence-electron chi connectivity index (χ0n) is 17.9. The third kappa shape index (κ3) is 5.57.